The highest BCUT2D eigenvalue weighted by molar-refractivity contribution is 6.13. The van der Waals surface area contributed by atoms with Crippen molar-refractivity contribution in [3.8, 4) is 5.75 Å². The summed E-state index contributed by atoms with van der Waals surface area (Å²) < 4.78 is 16.9. The van der Waals surface area contributed by atoms with Gasteiger partial charge in [0.15, 0.2) is 11.8 Å². The minimum absolute atomic E-state index is 0.0362. The van der Waals surface area contributed by atoms with Gasteiger partial charge >= 0.3 is 6.03 Å². The quantitative estimate of drug-likeness (QED) is 0.287. The van der Waals surface area contributed by atoms with Gasteiger partial charge in [-0.05, 0) is 44.5 Å². The normalized spacial score (nSPS) is 16.8. The van der Waals surface area contributed by atoms with Gasteiger partial charge in [-0.15, -0.1) is 0 Å². The average Bonchev–Trinajstić information content (AvgIpc) is 3.17. The summed E-state index contributed by atoms with van der Waals surface area (Å²) in [6.07, 6.45) is -0.730. The molecule has 0 aromatic heterocycles. The van der Waals surface area contributed by atoms with Crippen molar-refractivity contribution in [3.63, 3.8) is 0 Å². The number of hydrogen-bond donors (Lipinski definition) is 3. The first kappa shape index (κ1) is 29.6. The number of carbonyl (C=O) groups excluding carboxylic acids is 3. The molecular formula is C31H36N4O6. The van der Waals surface area contributed by atoms with E-state index in [0.717, 1.165) is 5.56 Å². The second-order valence-corrected chi connectivity index (χ2v) is 9.61. The summed E-state index contributed by atoms with van der Waals surface area (Å²) in [5.41, 5.74) is 6.94. The maximum Gasteiger partial charge on any atom is 0.320 e. The van der Waals surface area contributed by atoms with E-state index in [9.17, 15) is 14.4 Å². The minimum Gasteiger partial charge on any atom is -0.495 e. The van der Waals surface area contributed by atoms with Crippen LogP contribution in [0.3, 0.4) is 0 Å². The molecule has 2 unspecified atom stereocenters. The molecule has 216 valence electrons. The number of ether oxygens (including phenoxy) is 3. The van der Waals surface area contributed by atoms with Crippen LogP contribution in [0.2, 0.25) is 0 Å². The number of nitrogens with two attached hydrogens (primary N) is 1. The molecule has 0 spiro atoms. The second-order valence-electron chi connectivity index (χ2n) is 9.61. The number of anilines is 2. The minimum atomic E-state index is -1.88. The molecule has 10 nitrogen and oxygen atoms in total. The van der Waals surface area contributed by atoms with Crippen LogP contribution in [0.15, 0.2) is 72.8 Å². The molecule has 4 amide bonds. The van der Waals surface area contributed by atoms with Crippen LogP contribution < -0.4 is 26.0 Å². The van der Waals surface area contributed by atoms with E-state index in [0.29, 0.717) is 41.5 Å². The summed E-state index contributed by atoms with van der Waals surface area (Å²) >= 11 is 0. The molecule has 0 fully saturated rings. The first-order valence-corrected chi connectivity index (χ1v) is 13.5. The Morgan fingerprint density at radius 3 is 2.22 bits per heavy atom. The van der Waals surface area contributed by atoms with Gasteiger partial charge in [0.05, 0.1) is 30.9 Å². The van der Waals surface area contributed by atoms with Crippen molar-refractivity contribution in [2.45, 2.75) is 38.5 Å². The molecule has 0 radical (unpaired) electrons. The van der Waals surface area contributed by atoms with Crippen molar-refractivity contribution in [1.82, 2.24) is 5.32 Å². The zero-order chi connectivity index (χ0) is 29.6. The van der Waals surface area contributed by atoms with Gasteiger partial charge in [0.2, 0.25) is 5.91 Å². The maximum absolute atomic E-state index is 14.7. The third-order valence-corrected chi connectivity index (χ3v) is 7.03. The largest absolute Gasteiger partial charge is 0.495 e. The van der Waals surface area contributed by atoms with Crippen molar-refractivity contribution < 1.29 is 28.6 Å². The Balaban J connectivity index is 1.87. The Labute approximate surface area is 239 Å². The number of nitrogens with one attached hydrogen (secondary N) is 2. The summed E-state index contributed by atoms with van der Waals surface area (Å²) in [6, 6.07) is 20.3. The Morgan fingerprint density at radius 1 is 0.951 bits per heavy atom. The molecule has 3 aromatic carbocycles. The van der Waals surface area contributed by atoms with Crippen molar-refractivity contribution in [2.75, 3.05) is 37.1 Å². The van der Waals surface area contributed by atoms with Gasteiger partial charge in [0.1, 0.15) is 5.75 Å². The zero-order valence-electron chi connectivity index (χ0n) is 23.7. The van der Waals surface area contributed by atoms with Crippen molar-refractivity contribution >= 4 is 29.2 Å². The van der Waals surface area contributed by atoms with E-state index in [1.807, 2.05) is 32.9 Å². The molecule has 0 aliphatic carbocycles. The number of primary amides is 1. The number of benzene rings is 3. The molecule has 0 bridgehead atoms. The summed E-state index contributed by atoms with van der Waals surface area (Å²) in [5, 5.41) is 5.65. The Morgan fingerprint density at radius 2 is 1.59 bits per heavy atom. The van der Waals surface area contributed by atoms with Crippen LogP contribution in [-0.4, -0.2) is 51.0 Å². The predicted molar refractivity (Wildman–Crippen MR) is 156 cm³/mol. The molecular weight excluding hydrogens is 524 g/mol. The van der Waals surface area contributed by atoms with Gasteiger partial charge in [-0.2, -0.15) is 0 Å². The maximum atomic E-state index is 14.7. The zero-order valence-corrected chi connectivity index (χ0v) is 23.7. The summed E-state index contributed by atoms with van der Waals surface area (Å²) in [4.78, 5) is 43.2. The smallest absolute Gasteiger partial charge is 0.320 e. The number of carbonyl (C=O) groups is 3. The number of amides is 4. The SMILES string of the molecule is CCOC(CN1C(=O)C(NC(=O)Nc2ccccc2OC)(C(C(N)=O)c2ccc(C)cc2)c2ccccc21)OCC. The average molecular weight is 561 g/mol. The van der Waals surface area contributed by atoms with E-state index in [-0.39, 0.29) is 6.54 Å². The number of fused-ring (bicyclic) bond motifs is 1. The van der Waals surface area contributed by atoms with Crippen LogP contribution in [0.25, 0.3) is 0 Å². The topological polar surface area (TPSA) is 132 Å². The highest BCUT2D eigenvalue weighted by Crippen LogP contribution is 2.48. The van der Waals surface area contributed by atoms with E-state index in [4.69, 9.17) is 19.9 Å². The van der Waals surface area contributed by atoms with Crippen molar-refractivity contribution in [2.24, 2.45) is 5.73 Å². The molecule has 1 aliphatic rings. The lowest BCUT2D eigenvalue weighted by molar-refractivity contribution is -0.139. The van der Waals surface area contributed by atoms with Gasteiger partial charge in [0.25, 0.3) is 5.91 Å². The van der Waals surface area contributed by atoms with E-state index < -0.39 is 35.6 Å². The van der Waals surface area contributed by atoms with Gasteiger partial charge in [-0.25, -0.2) is 4.79 Å². The molecule has 10 heteroatoms. The summed E-state index contributed by atoms with van der Waals surface area (Å²) in [7, 11) is 1.49. The van der Waals surface area contributed by atoms with E-state index in [1.165, 1.54) is 12.0 Å². The first-order valence-electron chi connectivity index (χ1n) is 13.5. The van der Waals surface area contributed by atoms with Gasteiger partial charge in [0, 0.05) is 18.8 Å². The lowest BCUT2D eigenvalue weighted by Crippen LogP contribution is -2.60. The number of urea groups is 1. The Bertz CT molecular complexity index is 1390. The van der Waals surface area contributed by atoms with Crippen LogP contribution in [-0.2, 0) is 24.6 Å². The fourth-order valence-electron chi connectivity index (χ4n) is 5.27. The Kier molecular flexibility index (Phi) is 9.26. The lowest BCUT2D eigenvalue weighted by Gasteiger charge is -2.36. The van der Waals surface area contributed by atoms with Gasteiger partial charge in [-0.1, -0.05) is 60.2 Å². The van der Waals surface area contributed by atoms with Gasteiger partial charge in [-0.3, -0.25) is 9.59 Å². The number of nitrogens with zero attached hydrogens (tertiary/aromatic N) is 1. The predicted octanol–water partition coefficient (Wildman–Crippen LogP) is 4.04. The van der Waals surface area contributed by atoms with Crippen molar-refractivity contribution in [1.29, 1.82) is 0 Å². The van der Waals surface area contributed by atoms with E-state index in [2.05, 4.69) is 10.6 Å². The second kappa shape index (κ2) is 12.8. The van der Waals surface area contributed by atoms with Crippen molar-refractivity contribution in [3.05, 3.63) is 89.5 Å². The number of rotatable bonds is 12. The molecule has 0 saturated carbocycles. The van der Waals surface area contributed by atoms with E-state index >= 15 is 0 Å². The van der Waals surface area contributed by atoms with Crippen LogP contribution in [0.5, 0.6) is 5.75 Å². The standard InChI is InChI=1S/C31H36N4O6/c1-5-40-26(41-6-2)19-35-24-13-9-7-11-22(24)31(29(35)37,27(28(32)36)21-17-15-20(3)16-18-21)34-30(38)33-23-12-8-10-14-25(23)39-4/h7-18,26-27H,5-6,19H2,1-4H3,(H2,32,36)(H2,33,34,38). The fraction of sp³-hybridized carbons (Fsp3) is 0.323. The number of aryl methyl sites for hydroxylation is 1. The molecule has 0 saturated heterocycles. The fourth-order valence-corrected chi connectivity index (χ4v) is 5.27. The third-order valence-electron chi connectivity index (χ3n) is 7.03. The highest BCUT2D eigenvalue weighted by Gasteiger charge is 2.59. The van der Waals surface area contributed by atoms with Gasteiger partial charge < -0.3 is 35.5 Å². The molecule has 1 heterocycles. The number of hydrogen-bond acceptors (Lipinski definition) is 6. The number of methoxy groups -OCH3 is 1. The van der Waals surface area contributed by atoms with E-state index in [1.54, 1.807) is 60.7 Å². The van der Waals surface area contributed by atoms with Crippen LogP contribution in [0.1, 0.15) is 36.5 Å². The number of para-hydroxylation sites is 3. The molecule has 2 atom stereocenters. The highest BCUT2D eigenvalue weighted by atomic mass is 16.7. The summed E-state index contributed by atoms with van der Waals surface area (Å²) in [6.45, 7) is 6.35. The molecule has 41 heavy (non-hydrogen) atoms. The third kappa shape index (κ3) is 5.89. The molecule has 4 N–H and O–H groups in total. The molecule has 4 rings (SSSR count). The van der Waals surface area contributed by atoms with Crippen LogP contribution in [0, 0.1) is 6.92 Å². The first-order chi connectivity index (χ1) is 19.8. The summed E-state index contributed by atoms with van der Waals surface area (Å²) in [5.74, 6) is -2.13. The Hall–Kier alpha value is -4.41. The lowest BCUT2D eigenvalue weighted by atomic mass is 9.74. The van der Waals surface area contributed by atoms with Crippen LogP contribution in [0.4, 0.5) is 16.2 Å². The molecule has 3 aromatic rings. The molecule has 1 aliphatic heterocycles. The van der Waals surface area contributed by atoms with Crippen LogP contribution >= 0.6 is 0 Å². The monoisotopic (exact) mass is 560 g/mol.